The maximum absolute atomic E-state index is 14.6. The zero-order chi connectivity index (χ0) is 20.4. The van der Waals surface area contributed by atoms with Crippen LogP contribution in [0.1, 0.15) is 16.1 Å². The summed E-state index contributed by atoms with van der Waals surface area (Å²) in [5.41, 5.74) is 3.24. The number of rotatable bonds is 5. The lowest BCUT2D eigenvalue weighted by atomic mass is 10.1. The molecule has 2 heterocycles. The average molecular weight is 394 g/mol. The lowest BCUT2D eigenvalue weighted by Crippen LogP contribution is -2.44. The predicted octanol–water partition coefficient (Wildman–Crippen LogP) is 3.27. The number of nitrogens with zero attached hydrogens (tertiary/aromatic N) is 3. The Kier molecular flexibility index (Phi) is 5.53. The zero-order valence-electron chi connectivity index (χ0n) is 17.0. The molecule has 0 spiro atoms. The Balaban J connectivity index is 1.38. The van der Waals surface area contributed by atoms with E-state index in [-0.39, 0.29) is 11.7 Å². The number of fused-ring (bicyclic) bond motifs is 1. The minimum absolute atomic E-state index is 0.247. The standard InChI is InChI=1S/C23H27FN4O/c1-17-15-18-5-3-4-6-21(18)28(17)10-9-25-23(29)19-7-8-22(20(24)16-19)27-13-11-26(2)12-14-27/h3-8,15-16H,9-14H2,1-2H3,(H,25,29). The summed E-state index contributed by atoms with van der Waals surface area (Å²) in [4.78, 5) is 16.8. The van der Waals surface area contributed by atoms with Gasteiger partial charge in [0.2, 0.25) is 0 Å². The monoisotopic (exact) mass is 394 g/mol. The fourth-order valence-electron chi connectivity index (χ4n) is 3.98. The van der Waals surface area contributed by atoms with Crippen molar-refractivity contribution in [3.8, 4) is 0 Å². The molecule has 152 valence electrons. The molecule has 2 aromatic carbocycles. The van der Waals surface area contributed by atoms with E-state index in [9.17, 15) is 9.18 Å². The van der Waals surface area contributed by atoms with Crippen molar-refractivity contribution in [2.45, 2.75) is 13.5 Å². The Labute approximate surface area is 170 Å². The van der Waals surface area contributed by atoms with E-state index in [0.717, 1.165) is 37.4 Å². The van der Waals surface area contributed by atoms with E-state index in [1.165, 1.54) is 11.5 Å². The summed E-state index contributed by atoms with van der Waals surface area (Å²) in [6.07, 6.45) is 0. The van der Waals surface area contributed by atoms with Crippen LogP contribution in [0.2, 0.25) is 0 Å². The van der Waals surface area contributed by atoms with Gasteiger partial charge < -0.3 is 19.7 Å². The van der Waals surface area contributed by atoms with Crippen molar-refractivity contribution in [1.82, 2.24) is 14.8 Å². The van der Waals surface area contributed by atoms with Crippen LogP contribution in [0.4, 0.5) is 10.1 Å². The summed E-state index contributed by atoms with van der Waals surface area (Å²) in [5.74, 6) is -0.586. The first-order valence-corrected chi connectivity index (χ1v) is 10.1. The number of anilines is 1. The summed E-state index contributed by atoms with van der Waals surface area (Å²) >= 11 is 0. The second kappa shape index (κ2) is 8.25. The maximum atomic E-state index is 14.6. The molecular formula is C23H27FN4O. The quantitative estimate of drug-likeness (QED) is 0.722. The van der Waals surface area contributed by atoms with Gasteiger partial charge in [0.05, 0.1) is 5.69 Å². The zero-order valence-corrected chi connectivity index (χ0v) is 17.0. The van der Waals surface area contributed by atoms with Crippen LogP contribution in [0, 0.1) is 12.7 Å². The van der Waals surface area contributed by atoms with Crippen LogP contribution in [0.25, 0.3) is 10.9 Å². The highest BCUT2D eigenvalue weighted by atomic mass is 19.1. The number of hydrogen-bond donors (Lipinski definition) is 1. The molecule has 0 bridgehead atoms. The number of nitrogens with one attached hydrogen (secondary N) is 1. The van der Waals surface area contributed by atoms with E-state index in [2.05, 4.69) is 47.0 Å². The number of carbonyl (C=O) groups is 1. The molecular weight excluding hydrogens is 367 g/mol. The lowest BCUT2D eigenvalue weighted by molar-refractivity contribution is 0.0952. The number of aromatic nitrogens is 1. The number of hydrogen-bond acceptors (Lipinski definition) is 3. The molecule has 1 aliphatic heterocycles. The van der Waals surface area contributed by atoms with Gasteiger partial charge in [0.25, 0.3) is 5.91 Å². The van der Waals surface area contributed by atoms with Crippen LogP contribution in [0.15, 0.2) is 48.5 Å². The van der Waals surface area contributed by atoms with E-state index < -0.39 is 0 Å². The summed E-state index contributed by atoms with van der Waals surface area (Å²) in [6, 6.07) is 15.1. The maximum Gasteiger partial charge on any atom is 0.251 e. The molecule has 0 saturated carbocycles. The highest BCUT2D eigenvalue weighted by Gasteiger charge is 2.18. The Morgan fingerprint density at radius 1 is 1.07 bits per heavy atom. The third-order valence-corrected chi connectivity index (χ3v) is 5.69. The first-order valence-electron chi connectivity index (χ1n) is 10.1. The molecule has 1 fully saturated rings. The highest BCUT2D eigenvalue weighted by Crippen LogP contribution is 2.22. The largest absolute Gasteiger partial charge is 0.367 e. The second-order valence-corrected chi connectivity index (χ2v) is 7.71. The lowest BCUT2D eigenvalue weighted by Gasteiger charge is -2.34. The predicted molar refractivity (Wildman–Crippen MR) is 115 cm³/mol. The number of aryl methyl sites for hydroxylation is 1. The Morgan fingerprint density at radius 2 is 1.83 bits per heavy atom. The minimum atomic E-state index is -0.338. The van der Waals surface area contributed by atoms with E-state index in [4.69, 9.17) is 0 Å². The van der Waals surface area contributed by atoms with Gasteiger partial charge in [-0.1, -0.05) is 18.2 Å². The van der Waals surface area contributed by atoms with Gasteiger partial charge in [-0.3, -0.25) is 4.79 Å². The number of likely N-dealkylation sites (N-methyl/N-ethyl adjacent to an activating group) is 1. The Morgan fingerprint density at radius 3 is 2.59 bits per heavy atom. The van der Waals surface area contributed by atoms with Crippen molar-refractivity contribution in [2.75, 3.05) is 44.7 Å². The van der Waals surface area contributed by atoms with Crippen molar-refractivity contribution >= 4 is 22.5 Å². The fourth-order valence-corrected chi connectivity index (χ4v) is 3.98. The SMILES string of the molecule is Cc1cc2ccccc2n1CCNC(=O)c1ccc(N2CCN(C)CC2)c(F)c1. The third-order valence-electron chi connectivity index (χ3n) is 5.69. The molecule has 1 amide bonds. The van der Waals surface area contributed by atoms with Gasteiger partial charge in [-0.15, -0.1) is 0 Å². The molecule has 29 heavy (non-hydrogen) atoms. The van der Waals surface area contributed by atoms with Crippen LogP contribution in [-0.4, -0.2) is 55.1 Å². The second-order valence-electron chi connectivity index (χ2n) is 7.71. The summed E-state index contributed by atoms with van der Waals surface area (Å²) in [6.45, 7) is 6.64. The number of carbonyl (C=O) groups excluding carboxylic acids is 1. The first-order chi connectivity index (χ1) is 14.0. The minimum Gasteiger partial charge on any atom is -0.367 e. The molecule has 6 heteroatoms. The number of piperazine rings is 1. The number of halogens is 1. The van der Waals surface area contributed by atoms with Crippen LogP contribution in [0.3, 0.4) is 0 Å². The number of benzene rings is 2. The molecule has 5 nitrogen and oxygen atoms in total. The number of para-hydroxylation sites is 1. The Hall–Kier alpha value is -2.86. The topological polar surface area (TPSA) is 40.5 Å². The smallest absolute Gasteiger partial charge is 0.251 e. The fraction of sp³-hybridized carbons (Fsp3) is 0.348. The van der Waals surface area contributed by atoms with Gasteiger partial charge in [0, 0.05) is 56.0 Å². The van der Waals surface area contributed by atoms with Crippen LogP contribution >= 0.6 is 0 Å². The van der Waals surface area contributed by atoms with Gasteiger partial charge in [-0.05, 0) is 49.7 Å². The van der Waals surface area contributed by atoms with Crippen LogP contribution in [0.5, 0.6) is 0 Å². The molecule has 4 rings (SSSR count). The summed E-state index contributed by atoms with van der Waals surface area (Å²) < 4.78 is 16.8. The molecule has 0 aliphatic carbocycles. The van der Waals surface area contributed by atoms with Gasteiger partial charge in [0.1, 0.15) is 5.82 Å². The molecule has 0 atom stereocenters. The molecule has 3 aromatic rings. The van der Waals surface area contributed by atoms with Crippen molar-refractivity contribution in [1.29, 1.82) is 0 Å². The highest BCUT2D eigenvalue weighted by molar-refractivity contribution is 5.94. The van der Waals surface area contributed by atoms with Gasteiger partial charge in [-0.25, -0.2) is 4.39 Å². The normalized spacial score (nSPS) is 15.1. The van der Waals surface area contributed by atoms with Crippen LogP contribution < -0.4 is 10.2 Å². The van der Waals surface area contributed by atoms with E-state index in [0.29, 0.717) is 24.3 Å². The van der Waals surface area contributed by atoms with Gasteiger partial charge in [-0.2, -0.15) is 0 Å². The molecule has 0 radical (unpaired) electrons. The van der Waals surface area contributed by atoms with E-state index in [1.807, 2.05) is 17.0 Å². The van der Waals surface area contributed by atoms with Crippen molar-refractivity contribution in [3.63, 3.8) is 0 Å². The van der Waals surface area contributed by atoms with Crippen molar-refractivity contribution in [2.24, 2.45) is 0 Å². The number of amides is 1. The van der Waals surface area contributed by atoms with Crippen LogP contribution in [-0.2, 0) is 6.54 Å². The Bertz CT molecular complexity index is 1020. The van der Waals surface area contributed by atoms with Crippen molar-refractivity contribution < 1.29 is 9.18 Å². The molecule has 0 unspecified atom stereocenters. The molecule has 1 aromatic heterocycles. The molecule has 1 N–H and O–H groups in total. The van der Waals surface area contributed by atoms with Gasteiger partial charge >= 0.3 is 0 Å². The average Bonchev–Trinajstić information content (AvgIpc) is 3.04. The summed E-state index contributed by atoms with van der Waals surface area (Å²) in [7, 11) is 2.07. The third kappa shape index (κ3) is 4.12. The molecule has 1 aliphatic rings. The molecule has 1 saturated heterocycles. The van der Waals surface area contributed by atoms with Crippen molar-refractivity contribution in [3.05, 3.63) is 65.6 Å². The summed E-state index contributed by atoms with van der Waals surface area (Å²) in [5, 5.41) is 4.11. The first kappa shape index (κ1) is 19.5. The van der Waals surface area contributed by atoms with Gasteiger partial charge in [0.15, 0.2) is 0 Å². The van der Waals surface area contributed by atoms with E-state index >= 15 is 0 Å². The van der Waals surface area contributed by atoms with E-state index in [1.54, 1.807) is 12.1 Å².